The fourth-order valence-electron chi connectivity index (χ4n) is 6.79. The number of aryl methyl sites for hydroxylation is 2. The lowest BCUT2D eigenvalue weighted by molar-refractivity contribution is -0.147. The second-order valence-corrected chi connectivity index (χ2v) is 20.2. The molecule has 0 atom stereocenters. The van der Waals surface area contributed by atoms with Crippen molar-refractivity contribution in [1.29, 1.82) is 0 Å². The molecular weight excluding hydrogens is 841 g/mol. The van der Waals surface area contributed by atoms with Gasteiger partial charge in [-0.2, -0.15) is 0 Å². The Balaban J connectivity index is 0.000000232. The number of thioether (sulfide) groups is 4. The number of phenolic OH excluding ortho intramolecular Hbond substituents is 2. The van der Waals surface area contributed by atoms with Crippen LogP contribution in [0.15, 0.2) is 51.3 Å². The minimum Gasteiger partial charge on any atom is -0.507 e. The minimum atomic E-state index is -0.289. The second-order valence-electron chi connectivity index (χ2n) is 15.6. The van der Waals surface area contributed by atoms with Crippen LogP contribution >= 0.6 is 47.0 Å². The Morgan fingerprint density at radius 3 is 1.32 bits per heavy atom. The van der Waals surface area contributed by atoms with Gasteiger partial charge in [0.25, 0.3) is 23.6 Å². The largest absolute Gasteiger partial charge is 0.507 e. The van der Waals surface area contributed by atoms with E-state index in [-0.39, 0.29) is 58.5 Å². The van der Waals surface area contributed by atoms with Crippen LogP contribution in [-0.4, -0.2) is 92.3 Å². The number of hydrogen-bond donors (Lipinski definition) is 2. The third-order valence-electron chi connectivity index (χ3n) is 9.90. The first-order valence-corrected chi connectivity index (χ1v) is 24.4. The molecule has 0 aromatic heterocycles. The average molecular weight is 901 g/mol. The van der Waals surface area contributed by atoms with Crippen LogP contribution in [0.3, 0.4) is 0 Å². The molecule has 4 aliphatic rings. The highest BCUT2D eigenvalue weighted by molar-refractivity contribution is 8.25. The van der Waals surface area contributed by atoms with Crippen molar-refractivity contribution in [2.75, 3.05) is 26.2 Å². The lowest BCUT2D eigenvalue weighted by Gasteiger charge is -2.27. The monoisotopic (exact) mass is 900 g/mol. The number of hydrogen-bond acceptors (Lipinski definition) is 12. The van der Waals surface area contributed by atoms with E-state index in [1.807, 2.05) is 54.5 Å². The summed E-state index contributed by atoms with van der Waals surface area (Å²) in [5.41, 5.74) is 1.96. The molecule has 2 aromatic carbocycles. The van der Waals surface area contributed by atoms with Gasteiger partial charge in [0, 0.05) is 26.2 Å². The fourth-order valence-corrected chi connectivity index (χ4v) is 12.2. The molecule has 0 radical (unpaired) electrons. The highest BCUT2D eigenvalue weighted by Gasteiger charge is 2.46. The number of amides is 4. The molecule has 0 aliphatic carbocycles. The Morgan fingerprint density at radius 1 is 0.533 bits per heavy atom. The quantitative estimate of drug-likeness (QED) is 0.0942. The van der Waals surface area contributed by atoms with E-state index < -0.39 is 0 Å². The summed E-state index contributed by atoms with van der Waals surface area (Å²) in [7, 11) is 0. The number of carbonyl (C=O) groups is 4. The number of hydrazine groups is 2. The van der Waals surface area contributed by atoms with Crippen LogP contribution in [-0.2, 0) is 19.2 Å². The maximum atomic E-state index is 13.4. The van der Waals surface area contributed by atoms with Gasteiger partial charge in [0.1, 0.15) is 34.1 Å². The molecule has 2 saturated heterocycles. The zero-order valence-electron chi connectivity index (χ0n) is 36.6. The van der Waals surface area contributed by atoms with E-state index >= 15 is 0 Å². The summed E-state index contributed by atoms with van der Waals surface area (Å²) in [5.74, 6) is 0.740. The Bertz CT molecular complexity index is 2000. The SMILES string of the molecule is CCCCN1C(=O)C(=C2Sc3c(O)cc(C)c(O)c3S2)C(=O)N1CCCC.CCCCN1C(=O)C(=C2Sc3c(OC(C)C)cc(C)c(OC(C)C)c3S2)C(=O)N1CCCC. The van der Waals surface area contributed by atoms with Gasteiger partial charge in [0.05, 0.1) is 40.3 Å². The van der Waals surface area contributed by atoms with E-state index in [0.29, 0.717) is 50.0 Å². The van der Waals surface area contributed by atoms with Crippen LogP contribution in [0.25, 0.3) is 0 Å². The highest BCUT2D eigenvalue weighted by atomic mass is 32.2. The molecule has 2 fully saturated rings. The van der Waals surface area contributed by atoms with E-state index in [2.05, 4.69) is 13.8 Å². The molecule has 12 nitrogen and oxygen atoms in total. The number of benzene rings is 2. The Morgan fingerprint density at radius 2 is 0.917 bits per heavy atom. The average Bonchev–Trinajstić information content (AvgIpc) is 3.94. The Hall–Kier alpha value is -3.60. The number of phenols is 2. The first kappa shape index (κ1) is 47.4. The van der Waals surface area contributed by atoms with Crippen molar-refractivity contribution >= 4 is 70.7 Å². The minimum absolute atomic E-state index is 0.00999. The number of fused-ring (bicyclic) bond motifs is 2. The molecule has 4 amide bonds. The smallest absolute Gasteiger partial charge is 0.279 e. The third-order valence-corrected chi connectivity index (χ3v) is 15.1. The highest BCUT2D eigenvalue weighted by Crippen LogP contribution is 2.61. The number of carbonyl (C=O) groups excluding carboxylic acids is 4. The van der Waals surface area contributed by atoms with Gasteiger partial charge < -0.3 is 19.7 Å². The zero-order valence-corrected chi connectivity index (χ0v) is 39.8. The van der Waals surface area contributed by atoms with Crippen molar-refractivity contribution in [1.82, 2.24) is 20.0 Å². The van der Waals surface area contributed by atoms with Crippen LogP contribution in [0, 0.1) is 13.8 Å². The molecule has 4 aliphatic heterocycles. The third kappa shape index (κ3) is 10.0. The predicted molar refractivity (Wildman–Crippen MR) is 241 cm³/mol. The number of nitrogens with zero attached hydrogens (tertiary/aromatic N) is 4. The summed E-state index contributed by atoms with van der Waals surface area (Å²) in [4.78, 5) is 55.8. The van der Waals surface area contributed by atoms with Crippen molar-refractivity contribution < 1.29 is 38.9 Å². The number of aromatic hydroxyl groups is 2. The van der Waals surface area contributed by atoms with Crippen molar-refractivity contribution in [2.45, 2.75) is 152 Å². The molecular formula is C44H60N4O8S4. The van der Waals surface area contributed by atoms with Gasteiger partial charge in [-0.3, -0.25) is 19.2 Å². The van der Waals surface area contributed by atoms with Gasteiger partial charge in [-0.1, -0.05) is 100 Å². The molecule has 0 spiro atoms. The topological polar surface area (TPSA) is 140 Å². The Labute approximate surface area is 372 Å². The van der Waals surface area contributed by atoms with E-state index in [0.717, 1.165) is 78.2 Å². The van der Waals surface area contributed by atoms with Crippen molar-refractivity contribution in [3.8, 4) is 23.0 Å². The van der Waals surface area contributed by atoms with Crippen molar-refractivity contribution in [2.24, 2.45) is 0 Å². The number of ether oxygens (including phenoxy) is 2. The van der Waals surface area contributed by atoms with Crippen molar-refractivity contribution in [3.05, 3.63) is 42.9 Å². The summed E-state index contributed by atoms with van der Waals surface area (Å²) in [6, 6.07) is 3.49. The fraction of sp³-hybridized carbons (Fsp3) is 0.545. The van der Waals surface area contributed by atoms with E-state index in [1.54, 1.807) is 27.0 Å². The molecule has 328 valence electrons. The van der Waals surface area contributed by atoms with E-state index in [1.165, 1.54) is 53.1 Å². The standard InChI is InChI=1S/C25H36N2O4S2.C19H24N2O4S2/c1-8-10-12-26-23(28)19(24(29)27(26)13-11-9-2)25-32-21-18(30-15(3)4)14-17(7)20(22(21)33-25)31-16(5)6;1-4-6-8-20-17(24)13(18(25)21(20)9-7-5-2)19-26-15-12(22)10-11(3)14(23)16(15)27-19/h14-16H,8-13H2,1-7H3;10,22-23H,4-9H2,1-3H3. The maximum absolute atomic E-state index is 13.4. The van der Waals surface area contributed by atoms with Gasteiger partial charge in [0.15, 0.2) is 0 Å². The van der Waals surface area contributed by atoms with Crippen LogP contribution < -0.4 is 9.47 Å². The molecule has 4 heterocycles. The lowest BCUT2D eigenvalue weighted by atomic mass is 10.2. The number of unbranched alkanes of at least 4 members (excludes halogenated alkanes) is 4. The lowest BCUT2D eigenvalue weighted by Crippen LogP contribution is -2.42. The van der Waals surface area contributed by atoms with Gasteiger partial charge in [-0.25, -0.2) is 20.0 Å². The summed E-state index contributed by atoms with van der Waals surface area (Å²) in [6.45, 7) is 22.1. The summed E-state index contributed by atoms with van der Waals surface area (Å²) >= 11 is 5.28. The molecule has 0 bridgehead atoms. The summed E-state index contributed by atoms with van der Waals surface area (Å²) < 4.78 is 13.5. The molecule has 0 saturated carbocycles. The molecule has 60 heavy (non-hydrogen) atoms. The van der Waals surface area contributed by atoms with E-state index in [9.17, 15) is 29.4 Å². The van der Waals surface area contributed by atoms with Gasteiger partial charge >= 0.3 is 0 Å². The first-order valence-electron chi connectivity index (χ1n) is 21.1. The second kappa shape index (κ2) is 21.0. The predicted octanol–water partition coefficient (Wildman–Crippen LogP) is 10.2. The van der Waals surface area contributed by atoms with Gasteiger partial charge in [-0.05, 0) is 90.5 Å². The Kier molecular flexibility index (Phi) is 16.6. The number of rotatable bonds is 16. The normalized spacial score (nSPS) is 16.3. The van der Waals surface area contributed by atoms with Gasteiger partial charge in [0.2, 0.25) is 0 Å². The summed E-state index contributed by atoms with van der Waals surface area (Å²) in [6.07, 6.45) is 7.19. The summed E-state index contributed by atoms with van der Waals surface area (Å²) in [5, 5.41) is 26.9. The molecule has 2 N–H and O–H groups in total. The maximum Gasteiger partial charge on any atom is 0.279 e. The van der Waals surface area contributed by atoms with Gasteiger partial charge in [-0.15, -0.1) is 0 Å². The molecule has 2 aromatic rings. The van der Waals surface area contributed by atoms with Crippen LogP contribution in [0.5, 0.6) is 23.0 Å². The molecule has 16 heteroatoms. The molecule has 0 unspecified atom stereocenters. The van der Waals surface area contributed by atoms with Crippen molar-refractivity contribution in [3.63, 3.8) is 0 Å². The van der Waals surface area contributed by atoms with E-state index in [4.69, 9.17) is 9.47 Å². The first-order chi connectivity index (χ1) is 28.6. The van der Waals surface area contributed by atoms with Crippen LogP contribution in [0.2, 0.25) is 0 Å². The zero-order chi connectivity index (χ0) is 44.0. The van der Waals surface area contributed by atoms with Crippen LogP contribution in [0.1, 0.15) is 118 Å². The van der Waals surface area contributed by atoms with Crippen LogP contribution in [0.4, 0.5) is 0 Å². The molecule has 6 rings (SSSR count).